The lowest BCUT2D eigenvalue weighted by molar-refractivity contribution is 0.298. The fraction of sp³-hybridized carbons (Fsp3) is 0.364. The maximum atomic E-state index is 13.3. The second kappa shape index (κ2) is 8.88. The lowest BCUT2D eigenvalue weighted by Crippen LogP contribution is -2.34. The van der Waals surface area contributed by atoms with E-state index in [-0.39, 0.29) is 23.2 Å². The van der Waals surface area contributed by atoms with Crippen LogP contribution in [0.4, 0.5) is 0 Å². The van der Waals surface area contributed by atoms with Crippen molar-refractivity contribution < 1.29 is 12.9 Å². The van der Waals surface area contributed by atoms with Crippen LogP contribution in [0.3, 0.4) is 0 Å². The SMILES string of the molecule is CC(C)CN(Cc1nc(-c2ccccc2)no1)S(=O)(=O)c1ccc(C(C)C)cc1. The van der Waals surface area contributed by atoms with E-state index in [0.717, 1.165) is 11.1 Å². The fourth-order valence-corrected chi connectivity index (χ4v) is 4.56. The van der Waals surface area contributed by atoms with Gasteiger partial charge in [-0.25, -0.2) is 8.42 Å². The molecule has 2 aromatic carbocycles. The van der Waals surface area contributed by atoms with Crippen molar-refractivity contribution >= 4 is 10.0 Å². The van der Waals surface area contributed by atoms with Crippen LogP contribution in [-0.4, -0.2) is 29.4 Å². The van der Waals surface area contributed by atoms with E-state index >= 15 is 0 Å². The summed E-state index contributed by atoms with van der Waals surface area (Å²) in [6.07, 6.45) is 0. The maximum Gasteiger partial charge on any atom is 0.243 e. The van der Waals surface area contributed by atoms with Crippen molar-refractivity contribution in [2.75, 3.05) is 6.54 Å². The summed E-state index contributed by atoms with van der Waals surface area (Å²) in [5, 5.41) is 4.00. The van der Waals surface area contributed by atoms with E-state index < -0.39 is 10.0 Å². The summed E-state index contributed by atoms with van der Waals surface area (Å²) in [5.74, 6) is 1.21. The third kappa shape index (κ3) is 5.10. The summed E-state index contributed by atoms with van der Waals surface area (Å²) in [7, 11) is -3.69. The number of sulfonamides is 1. The Hall–Kier alpha value is -2.51. The summed E-state index contributed by atoms with van der Waals surface area (Å²) in [4.78, 5) is 4.66. The van der Waals surface area contributed by atoms with Crippen molar-refractivity contribution in [3.05, 3.63) is 66.1 Å². The number of hydrogen-bond donors (Lipinski definition) is 0. The van der Waals surface area contributed by atoms with Crippen LogP contribution in [0.15, 0.2) is 64.0 Å². The summed E-state index contributed by atoms with van der Waals surface area (Å²) in [6, 6.07) is 16.5. The minimum Gasteiger partial charge on any atom is -0.338 e. The van der Waals surface area contributed by atoms with Crippen LogP contribution < -0.4 is 0 Å². The minimum atomic E-state index is -3.69. The van der Waals surface area contributed by atoms with Crippen molar-refractivity contribution in [1.82, 2.24) is 14.4 Å². The third-order valence-corrected chi connectivity index (χ3v) is 6.39. The lowest BCUT2D eigenvalue weighted by atomic mass is 10.0. The van der Waals surface area contributed by atoms with E-state index in [2.05, 4.69) is 24.0 Å². The maximum absolute atomic E-state index is 13.3. The highest BCUT2D eigenvalue weighted by atomic mass is 32.2. The Bertz CT molecular complexity index is 1030. The zero-order valence-corrected chi connectivity index (χ0v) is 18.1. The number of nitrogens with zero attached hydrogens (tertiary/aromatic N) is 3. The zero-order valence-electron chi connectivity index (χ0n) is 17.2. The number of aromatic nitrogens is 2. The Morgan fingerprint density at radius 1 is 0.966 bits per heavy atom. The molecule has 0 N–H and O–H groups in total. The van der Waals surface area contributed by atoms with Crippen LogP contribution >= 0.6 is 0 Å². The Kier molecular flexibility index (Phi) is 6.49. The highest BCUT2D eigenvalue weighted by molar-refractivity contribution is 7.89. The van der Waals surface area contributed by atoms with Gasteiger partial charge in [-0.3, -0.25) is 0 Å². The molecule has 0 saturated heterocycles. The summed E-state index contributed by atoms with van der Waals surface area (Å²) < 4.78 is 33.3. The molecule has 3 rings (SSSR count). The van der Waals surface area contributed by atoms with E-state index in [0.29, 0.717) is 18.3 Å². The van der Waals surface area contributed by atoms with Crippen molar-refractivity contribution in [3.8, 4) is 11.4 Å². The van der Waals surface area contributed by atoms with Gasteiger partial charge in [-0.1, -0.05) is 75.3 Å². The predicted molar refractivity (Wildman–Crippen MR) is 113 cm³/mol. The fourth-order valence-electron chi connectivity index (χ4n) is 3.00. The van der Waals surface area contributed by atoms with E-state index in [9.17, 15) is 8.42 Å². The molecule has 0 unspecified atom stereocenters. The molecule has 7 heteroatoms. The number of rotatable bonds is 8. The molecule has 0 aliphatic rings. The largest absolute Gasteiger partial charge is 0.338 e. The Morgan fingerprint density at radius 3 is 2.21 bits per heavy atom. The van der Waals surface area contributed by atoms with Gasteiger partial charge in [0.05, 0.1) is 11.4 Å². The topological polar surface area (TPSA) is 76.3 Å². The van der Waals surface area contributed by atoms with E-state index in [1.807, 2.05) is 56.3 Å². The lowest BCUT2D eigenvalue weighted by Gasteiger charge is -2.22. The van der Waals surface area contributed by atoms with Gasteiger partial charge in [0.25, 0.3) is 0 Å². The first-order valence-corrected chi connectivity index (χ1v) is 11.2. The molecule has 154 valence electrons. The van der Waals surface area contributed by atoms with Gasteiger partial charge in [-0.15, -0.1) is 0 Å². The van der Waals surface area contributed by atoms with Gasteiger partial charge in [-0.05, 0) is 29.5 Å². The van der Waals surface area contributed by atoms with Crippen molar-refractivity contribution in [3.63, 3.8) is 0 Å². The molecule has 0 bridgehead atoms. The smallest absolute Gasteiger partial charge is 0.243 e. The molecular weight excluding hydrogens is 386 g/mol. The average Bonchev–Trinajstić information content (AvgIpc) is 3.16. The van der Waals surface area contributed by atoms with Crippen molar-refractivity contribution in [2.24, 2.45) is 5.92 Å². The molecule has 29 heavy (non-hydrogen) atoms. The van der Waals surface area contributed by atoms with Gasteiger partial charge in [0.15, 0.2) is 0 Å². The predicted octanol–water partition coefficient (Wildman–Crippen LogP) is 4.71. The normalized spacial score (nSPS) is 12.2. The van der Waals surface area contributed by atoms with Gasteiger partial charge in [0.2, 0.25) is 21.7 Å². The molecule has 1 aromatic heterocycles. The van der Waals surface area contributed by atoms with Crippen LogP contribution in [0.2, 0.25) is 0 Å². The molecule has 3 aromatic rings. The van der Waals surface area contributed by atoms with Crippen LogP contribution in [-0.2, 0) is 16.6 Å². The van der Waals surface area contributed by atoms with Gasteiger partial charge in [0.1, 0.15) is 0 Å². The monoisotopic (exact) mass is 413 g/mol. The van der Waals surface area contributed by atoms with Crippen molar-refractivity contribution in [2.45, 2.75) is 45.1 Å². The number of benzene rings is 2. The van der Waals surface area contributed by atoms with Crippen LogP contribution in [0.25, 0.3) is 11.4 Å². The quantitative estimate of drug-likeness (QED) is 0.535. The van der Waals surface area contributed by atoms with Gasteiger partial charge in [0, 0.05) is 12.1 Å². The summed E-state index contributed by atoms with van der Waals surface area (Å²) >= 11 is 0. The Labute approximate surface area is 172 Å². The molecule has 0 aliphatic heterocycles. The molecule has 0 radical (unpaired) electrons. The molecule has 6 nitrogen and oxygen atoms in total. The molecule has 0 amide bonds. The second-order valence-corrected chi connectivity index (χ2v) is 9.73. The minimum absolute atomic E-state index is 0.0340. The van der Waals surface area contributed by atoms with E-state index in [4.69, 9.17) is 4.52 Å². The number of hydrogen-bond acceptors (Lipinski definition) is 5. The summed E-state index contributed by atoms with van der Waals surface area (Å²) in [6.45, 7) is 8.51. The van der Waals surface area contributed by atoms with Crippen LogP contribution in [0.1, 0.15) is 45.1 Å². The molecule has 0 fully saturated rings. The molecule has 0 aliphatic carbocycles. The third-order valence-electron chi connectivity index (χ3n) is 4.57. The summed E-state index contributed by atoms with van der Waals surface area (Å²) in [5.41, 5.74) is 1.92. The van der Waals surface area contributed by atoms with Gasteiger partial charge in [-0.2, -0.15) is 9.29 Å². The molecule has 0 saturated carbocycles. The first-order chi connectivity index (χ1) is 13.8. The van der Waals surface area contributed by atoms with Gasteiger partial charge >= 0.3 is 0 Å². The highest BCUT2D eigenvalue weighted by Crippen LogP contribution is 2.23. The molecule has 0 spiro atoms. The molecular formula is C22H27N3O3S. The van der Waals surface area contributed by atoms with Crippen molar-refractivity contribution in [1.29, 1.82) is 0 Å². The Morgan fingerprint density at radius 2 is 1.62 bits per heavy atom. The molecule has 1 heterocycles. The van der Waals surface area contributed by atoms with E-state index in [1.165, 1.54) is 4.31 Å². The zero-order chi connectivity index (χ0) is 21.0. The molecule has 0 atom stereocenters. The average molecular weight is 414 g/mol. The second-order valence-electron chi connectivity index (χ2n) is 7.79. The van der Waals surface area contributed by atoms with E-state index in [1.54, 1.807) is 12.1 Å². The standard InChI is InChI=1S/C22H27N3O3S/c1-16(2)14-25(29(26,27)20-12-10-18(11-13-20)17(3)4)15-21-23-22(24-28-21)19-8-6-5-7-9-19/h5-13,16-17H,14-15H2,1-4H3. The highest BCUT2D eigenvalue weighted by Gasteiger charge is 2.27. The first-order valence-electron chi connectivity index (χ1n) is 9.75. The Balaban J connectivity index is 1.87. The van der Waals surface area contributed by atoms with Crippen LogP contribution in [0.5, 0.6) is 0 Å². The van der Waals surface area contributed by atoms with Crippen LogP contribution in [0, 0.1) is 5.92 Å². The first kappa shape index (κ1) is 21.2. The van der Waals surface area contributed by atoms with Gasteiger partial charge < -0.3 is 4.52 Å².